The van der Waals surface area contributed by atoms with Gasteiger partial charge < -0.3 is 0 Å². The van der Waals surface area contributed by atoms with Gasteiger partial charge in [0.25, 0.3) is 5.56 Å². The first-order chi connectivity index (χ1) is 10.2. The summed E-state index contributed by atoms with van der Waals surface area (Å²) in [7, 11) is 0. The molecule has 0 spiro atoms. The Bertz CT molecular complexity index is 881. The van der Waals surface area contributed by atoms with E-state index in [9.17, 15) is 9.18 Å². The number of aryl methyl sites for hydroxylation is 1. The first-order valence-electron chi connectivity index (χ1n) is 6.85. The lowest BCUT2D eigenvalue weighted by atomic mass is 10.1. The van der Waals surface area contributed by atoms with E-state index in [-0.39, 0.29) is 16.9 Å². The van der Waals surface area contributed by atoms with E-state index < -0.39 is 0 Å². The first-order valence-corrected chi connectivity index (χ1v) is 6.85. The summed E-state index contributed by atoms with van der Waals surface area (Å²) in [5.41, 5.74) is 1.17. The van der Waals surface area contributed by atoms with Gasteiger partial charge in [-0.15, -0.1) is 5.10 Å². The van der Waals surface area contributed by atoms with Gasteiger partial charge in [0.2, 0.25) is 0 Å². The van der Waals surface area contributed by atoms with Crippen molar-refractivity contribution in [1.82, 2.24) is 24.5 Å². The van der Waals surface area contributed by atoms with Gasteiger partial charge in [-0.1, -0.05) is 5.21 Å². The third kappa shape index (κ3) is 1.84. The first kappa shape index (κ1) is 12.2. The molecule has 1 aromatic carbocycles. The van der Waals surface area contributed by atoms with Crippen molar-refractivity contribution < 1.29 is 4.39 Å². The van der Waals surface area contributed by atoms with E-state index >= 15 is 0 Å². The van der Waals surface area contributed by atoms with Crippen molar-refractivity contribution in [1.29, 1.82) is 0 Å². The lowest BCUT2D eigenvalue weighted by molar-refractivity contribution is 0.500. The Labute approximate surface area is 118 Å². The predicted molar refractivity (Wildman–Crippen MR) is 73.8 cm³/mol. The Kier molecular flexibility index (Phi) is 2.60. The third-order valence-electron chi connectivity index (χ3n) is 3.74. The van der Waals surface area contributed by atoms with E-state index in [1.165, 1.54) is 16.8 Å². The minimum absolute atomic E-state index is 0.150. The molecule has 3 heterocycles. The second-order valence-electron chi connectivity index (χ2n) is 5.09. The molecule has 2 aromatic heterocycles. The Balaban J connectivity index is 1.98. The maximum absolute atomic E-state index is 13.0. The monoisotopic (exact) mass is 285 g/mol. The van der Waals surface area contributed by atoms with Gasteiger partial charge in [-0.3, -0.25) is 9.36 Å². The molecule has 106 valence electrons. The second kappa shape index (κ2) is 4.47. The van der Waals surface area contributed by atoms with E-state index in [0.29, 0.717) is 17.9 Å². The van der Waals surface area contributed by atoms with Crippen LogP contribution in [0.25, 0.3) is 16.9 Å². The Hall–Kier alpha value is -2.57. The van der Waals surface area contributed by atoms with E-state index in [4.69, 9.17) is 0 Å². The van der Waals surface area contributed by atoms with Crippen LogP contribution in [0.1, 0.15) is 18.7 Å². The fourth-order valence-corrected chi connectivity index (χ4v) is 2.67. The number of hydrogen-bond donors (Lipinski definition) is 0. The van der Waals surface area contributed by atoms with Gasteiger partial charge >= 0.3 is 0 Å². The highest BCUT2D eigenvalue weighted by molar-refractivity contribution is 5.70. The maximum atomic E-state index is 13.0. The van der Waals surface area contributed by atoms with Crippen molar-refractivity contribution in [3.05, 3.63) is 46.3 Å². The summed E-state index contributed by atoms with van der Waals surface area (Å²) >= 11 is 0. The van der Waals surface area contributed by atoms with Crippen molar-refractivity contribution in [2.75, 3.05) is 0 Å². The molecule has 4 rings (SSSR count). The molecule has 6 nitrogen and oxygen atoms in total. The normalized spacial score (nSPS) is 14.3. The summed E-state index contributed by atoms with van der Waals surface area (Å²) in [5, 5.41) is 7.94. The highest BCUT2D eigenvalue weighted by Crippen LogP contribution is 2.16. The summed E-state index contributed by atoms with van der Waals surface area (Å²) in [5.74, 6) is 0.443. The summed E-state index contributed by atoms with van der Waals surface area (Å²) in [6.45, 7) is 0.681. The molecule has 1 aliphatic heterocycles. The van der Waals surface area contributed by atoms with Crippen LogP contribution in [-0.2, 0) is 13.0 Å². The van der Waals surface area contributed by atoms with Crippen LogP contribution in [0.5, 0.6) is 0 Å². The molecule has 3 aromatic rings. The molecule has 0 saturated carbocycles. The summed E-state index contributed by atoms with van der Waals surface area (Å²) in [4.78, 5) is 17.0. The van der Waals surface area contributed by atoms with Crippen LogP contribution in [0.15, 0.2) is 29.1 Å². The van der Waals surface area contributed by atoms with Crippen molar-refractivity contribution in [2.24, 2.45) is 0 Å². The Morgan fingerprint density at radius 1 is 1.14 bits per heavy atom. The fourth-order valence-electron chi connectivity index (χ4n) is 2.67. The molecule has 21 heavy (non-hydrogen) atoms. The molecule has 0 amide bonds. The summed E-state index contributed by atoms with van der Waals surface area (Å²) in [6.07, 6.45) is 2.78. The van der Waals surface area contributed by atoms with Gasteiger partial charge in [-0.05, 0) is 37.1 Å². The average Bonchev–Trinajstić information content (AvgIpc) is 2.92. The van der Waals surface area contributed by atoms with Crippen LogP contribution in [0, 0.1) is 5.82 Å². The second-order valence-corrected chi connectivity index (χ2v) is 5.09. The van der Waals surface area contributed by atoms with Crippen molar-refractivity contribution in [2.45, 2.75) is 25.8 Å². The van der Waals surface area contributed by atoms with Crippen LogP contribution in [0.2, 0.25) is 0 Å². The highest BCUT2D eigenvalue weighted by atomic mass is 19.1. The molecule has 1 aliphatic rings. The average molecular weight is 285 g/mol. The molecular formula is C14H12FN5O. The number of fused-ring (bicyclic) bond motifs is 2. The smallest absolute Gasteiger partial charge is 0.283 e. The highest BCUT2D eigenvalue weighted by Gasteiger charge is 2.19. The SMILES string of the molecule is O=c1c2nnn(-c3ccc(F)cc3)c2nc2n1CCCC2. The molecule has 0 atom stereocenters. The van der Waals surface area contributed by atoms with Gasteiger partial charge in [-0.25, -0.2) is 9.37 Å². The van der Waals surface area contributed by atoms with Gasteiger partial charge in [0, 0.05) is 13.0 Å². The zero-order valence-corrected chi connectivity index (χ0v) is 11.2. The molecule has 7 heteroatoms. The van der Waals surface area contributed by atoms with Crippen LogP contribution < -0.4 is 5.56 Å². The zero-order chi connectivity index (χ0) is 14.4. The number of nitrogens with zero attached hydrogens (tertiary/aromatic N) is 5. The molecule has 0 bridgehead atoms. The lowest BCUT2D eigenvalue weighted by Crippen LogP contribution is -2.28. The van der Waals surface area contributed by atoms with Crippen LogP contribution in [0.4, 0.5) is 4.39 Å². The Morgan fingerprint density at radius 3 is 2.76 bits per heavy atom. The van der Waals surface area contributed by atoms with E-state index in [1.807, 2.05) is 0 Å². The molecule has 0 unspecified atom stereocenters. The van der Waals surface area contributed by atoms with Crippen molar-refractivity contribution in [3.63, 3.8) is 0 Å². The number of rotatable bonds is 1. The number of hydrogen-bond acceptors (Lipinski definition) is 4. The van der Waals surface area contributed by atoms with Gasteiger partial charge in [-0.2, -0.15) is 4.68 Å². The molecule has 0 fully saturated rings. The molecule has 0 aliphatic carbocycles. The fraction of sp³-hybridized carbons (Fsp3) is 0.286. The number of aromatic nitrogens is 5. The van der Waals surface area contributed by atoms with Crippen LogP contribution in [-0.4, -0.2) is 24.5 Å². The van der Waals surface area contributed by atoms with Crippen molar-refractivity contribution >= 4 is 11.2 Å². The zero-order valence-electron chi connectivity index (χ0n) is 11.2. The van der Waals surface area contributed by atoms with Gasteiger partial charge in [0.05, 0.1) is 5.69 Å². The van der Waals surface area contributed by atoms with E-state index in [2.05, 4.69) is 15.3 Å². The quantitative estimate of drug-likeness (QED) is 0.679. The predicted octanol–water partition coefficient (Wildman–Crippen LogP) is 1.45. The van der Waals surface area contributed by atoms with Crippen LogP contribution >= 0.6 is 0 Å². The molecular weight excluding hydrogens is 273 g/mol. The summed E-state index contributed by atoms with van der Waals surface area (Å²) in [6, 6.07) is 5.85. The van der Waals surface area contributed by atoms with Crippen LogP contribution in [0.3, 0.4) is 0 Å². The molecule has 0 N–H and O–H groups in total. The molecule has 0 radical (unpaired) electrons. The topological polar surface area (TPSA) is 65.6 Å². The molecule has 0 saturated heterocycles. The Morgan fingerprint density at radius 2 is 1.95 bits per heavy atom. The van der Waals surface area contributed by atoms with Gasteiger partial charge in [0.15, 0.2) is 11.2 Å². The minimum atomic E-state index is -0.325. The minimum Gasteiger partial charge on any atom is -0.295 e. The number of benzene rings is 1. The number of halogens is 1. The van der Waals surface area contributed by atoms with E-state index in [1.54, 1.807) is 16.7 Å². The maximum Gasteiger partial charge on any atom is 0.283 e. The third-order valence-corrected chi connectivity index (χ3v) is 3.74. The lowest BCUT2D eigenvalue weighted by Gasteiger charge is -2.16. The summed E-state index contributed by atoms with van der Waals surface area (Å²) < 4.78 is 16.2. The van der Waals surface area contributed by atoms with Gasteiger partial charge in [0.1, 0.15) is 11.6 Å². The van der Waals surface area contributed by atoms with Crippen molar-refractivity contribution in [3.8, 4) is 5.69 Å². The standard InChI is InChI=1S/C14H12FN5O/c15-9-4-6-10(7-5-9)20-13-12(17-18-20)14(21)19-8-2-1-3-11(19)16-13/h4-7H,1-3,8H2. The largest absolute Gasteiger partial charge is 0.295 e. The van der Waals surface area contributed by atoms with E-state index in [0.717, 1.165) is 25.1 Å².